The van der Waals surface area contributed by atoms with E-state index in [0.717, 1.165) is 71.7 Å². The highest BCUT2D eigenvalue weighted by atomic mass is 127. The average Bonchev–Trinajstić information content (AvgIpc) is 2.68. The van der Waals surface area contributed by atoms with Gasteiger partial charge in [0.2, 0.25) is 0 Å². The van der Waals surface area contributed by atoms with E-state index in [2.05, 4.69) is 53.1 Å². The number of morpholine rings is 2. The summed E-state index contributed by atoms with van der Waals surface area (Å²) in [7, 11) is 1.85. The van der Waals surface area contributed by atoms with E-state index >= 15 is 0 Å². The fourth-order valence-electron chi connectivity index (χ4n) is 3.86. The Balaban J connectivity index is 0.00000392. The molecule has 0 radical (unpaired) electrons. The van der Waals surface area contributed by atoms with Crippen LogP contribution < -0.4 is 10.6 Å². The highest BCUT2D eigenvalue weighted by Gasteiger charge is 2.28. The van der Waals surface area contributed by atoms with Crippen LogP contribution in [0.1, 0.15) is 34.1 Å². The highest BCUT2D eigenvalue weighted by molar-refractivity contribution is 14.0. The Bertz CT molecular complexity index is 450. The summed E-state index contributed by atoms with van der Waals surface area (Å²) in [5, 5.41) is 7.09. The molecule has 2 fully saturated rings. The maximum atomic E-state index is 5.52. The molecule has 28 heavy (non-hydrogen) atoms. The number of rotatable bonds is 8. The van der Waals surface area contributed by atoms with Crippen molar-refractivity contribution in [3.63, 3.8) is 0 Å². The molecule has 0 bridgehead atoms. The molecule has 0 aliphatic carbocycles. The van der Waals surface area contributed by atoms with Gasteiger partial charge in [0.1, 0.15) is 0 Å². The topological polar surface area (TPSA) is 61.4 Å². The van der Waals surface area contributed by atoms with Gasteiger partial charge in [0.25, 0.3) is 0 Å². The number of guanidine groups is 1. The summed E-state index contributed by atoms with van der Waals surface area (Å²) in [5.74, 6) is 1.56. The summed E-state index contributed by atoms with van der Waals surface area (Å²) < 4.78 is 11.0. The van der Waals surface area contributed by atoms with Crippen molar-refractivity contribution >= 4 is 29.9 Å². The van der Waals surface area contributed by atoms with Gasteiger partial charge in [-0.05, 0) is 26.2 Å². The third kappa shape index (κ3) is 8.69. The third-order valence-electron chi connectivity index (χ3n) is 5.59. The number of ether oxygens (including phenoxy) is 2. The Morgan fingerprint density at radius 3 is 2.11 bits per heavy atom. The Morgan fingerprint density at radius 1 is 1.00 bits per heavy atom. The van der Waals surface area contributed by atoms with E-state index in [1.807, 2.05) is 7.05 Å². The lowest BCUT2D eigenvalue weighted by Crippen LogP contribution is -2.57. The molecule has 2 rings (SSSR count). The molecule has 0 aromatic carbocycles. The molecule has 0 aromatic rings. The van der Waals surface area contributed by atoms with Crippen molar-refractivity contribution in [3.05, 3.63) is 0 Å². The summed E-state index contributed by atoms with van der Waals surface area (Å²) in [5.41, 5.74) is 0.0724. The van der Waals surface area contributed by atoms with Crippen LogP contribution in [0.15, 0.2) is 4.99 Å². The average molecular weight is 511 g/mol. The van der Waals surface area contributed by atoms with Crippen LogP contribution in [0, 0.1) is 5.92 Å². The van der Waals surface area contributed by atoms with Gasteiger partial charge in [0.15, 0.2) is 5.96 Å². The van der Waals surface area contributed by atoms with Crippen molar-refractivity contribution in [1.29, 1.82) is 0 Å². The quantitative estimate of drug-likeness (QED) is 0.294. The zero-order chi connectivity index (χ0) is 19.7. The minimum absolute atomic E-state index is 0. The lowest BCUT2D eigenvalue weighted by molar-refractivity contribution is -0.00837. The van der Waals surface area contributed by atoms with Crippen molar-refractivity contribution in [1.82, 2.24) is 20.4 Å². The molecule has 0 saturated carbocycles. The van der Waals surface area contributed by atoms with Gasteiger partial charge in [-0.1, -0.05) is 13.8 Å². The summed E-state index contributed by atoms with van der Waals surface area (Å²) in [4.78, 5) is 9.49. The smallest absolute Gasteiger partial charge is 0.191 e. The molecular formula is C20H42IN5O2. The van der Waals surface area contributed by atoms with Gasteiger partial charge in [0.05, 0.1) is 26.4 Å². The van der Waals surface area contributed by atoms with Gasteiger partial charge in [0, 0.05) is 57.9 Å². The summed E-state index contributed by atoms with van der Waals surface area (Å²) in [6, 6.07) is 0.514. The van der Waals surface area contributed by atoms with E-state index < -0.39 is 0 Å². The first-order chi connectivity index (χ1) is 12.9. The number of aliphatic imine (C=N–C) groups is 1. The summed E-state index contributed by atoms with van der Waals surface area (Å²) in [6.45, 7) is 18.3. The van der Waals surface area contributed by atoms with E-state index in [0.29, 0.717) is 12.0 Å². The Kier molecular flexibility index (Phi) is 12.2. The lowest BCUT2D eigenvalue weighted by Gasteiger charge is -2.41. The fourth-order valence-corrected chi connectivity index (χ4v) is 3.86. The maximum absolute atomic E-state index is 5.52. The van der Waals surface area contributed by atoms with Crippen molar-refractivity contribution in [3.8, 4) is 0 Å². The number of nitrogens with one attached hydrogen (secondary N) is 2. The van der Waals surface area contributed by atoms with Crippen LogP contribution in [0.2, 0.25) is 0 Å². The van der Waals surface area contributed by atoms with E-state index in [4.69, 9.17) is 9.47 Å². The molecule has 1 atom stereocenters. The van der Waals surface area contributed by atoms with Gasteiger partial charge in [-0.25, -0.2) is 0 Å². The minimum Gasteiger partial charge on any atom is -0.379 e. The molecule has 0 aromatic heterocycles. The Labute approximate surface area is 189 Å². The SMILES string of the molecule is CN=C(NCC(CC(C)C)N1CCOCC1)NCC(C)(C)N1CCOCC1.I. The first kappa shape index (κ1) is 25.9. The highest BCUT2D eigenvalue weighted by Crippen LogP contribution is 2.15. The predicted octanol–water partition coefficient (Wildman–Crippen LogP) is 1.63. The number of hydrogen-bond acceptors (Lipinski definition) is 5. The van der Waals surface area contributed by atoms with Crippen LogP contribution in [0.25, 0.3) is 0 Å². The van der Waals surface area contributed by atoms with E-state index in [1.54, 1.807) is 0 Å². The van der Waals surface area contributed by atoms with Gasteiger partial charge >= 0.3 is 0 Å². The van der Waals surface area contributed by atoms with Crippen LogP contribution in [-0.4, -0.2) is 100 Å². The zero-order valence-electron chi connectivity index (χ0n) is 18.5. The molecule has 0 amide bonds. The number of halogens is 1. The standard InChI is InChI=1S/C20H41N5O2.HI/c1-17(2)14-18(24-6-10-26-11-7-24)15-22-19(21-5)23-16-20(3,4)25-8-12-27-13-9-25;/h17-18H,6-16H2,1-5H3,(H2,21,22,23);1H. The van der Waals surface area contributed by atoms with Crippen LogP contribution in [0.3, 0.4) is 0 Å². The number of hydrogen-bond donors (Lipinski definition) is 2. The van der Waals surface area contributed by atoms with Gasteiger partial charge in [-0.15, -0.1) is 24.0 Å². The molecular weight excluding hydrogens is 469 g/mol. The second-order valence-electron chi connectivity index (χ2n) is 8.65. The second kappa shape index (κ2) is 13.2. The molecule has 7 nitrogen and oxygen atoms in total. The summed E-state index contributed by atoms with van der Waals surface area (Å²) in [6.07, 6.45) is 1.18. The molecule has 0 spiro atoms. The zero-order valence-corrected chi connectivity index (χ0v) is 20.8. The van der Waals surface area contributed by atoms with Crippen molar-refractivity contribution in [2.24, 2.45) is 10.9 Å². The van der Waals surface area contributed by atoms with Gasteiger partial charge in [-0.2, -0.15) is 0 Å². The van der Waals surface area contributed by atoms with Crippen LogP contribution >= 0.6 is 24.0 Å². The van der Waals surface area contributed by atoms with Crippen molar-refractivity contribution in [2.45, 2.75) is 45.7 Å². The van der Waals surface area contributed by atoms with Crippen LogP contribution in [0.5, 0.6) is 0 Å². The lowest BCUT2D eigenvalue weighted by atomic mass is 10.0. The van der Waals surface area contributed by atoms with Gasteiger partial charge in [-0.3, -0.25) is 14.8 Å². The largest absolute Gasteiger partial charge is 0.379 e. The fraction of sp³-hybridized carbons (Fsp3) is 0.950. The first-order valence-electron chi connectivity index (χ1n) is 10.5. The molecule has 8 heteroatoms. The number of nitrogens with zero attached hydrogens (tertiary/aromatic N) is 3. The maximum Gasteiger partial charge on any atom is 0.191 e. The monoisotopic (exact) mass is 511 g/mol. The van der Waals surface area contributed by atoms with Crippen LogP contribution in [0.4, 0.5) is 0 Å². The molecule has 166 valence electrons. The molecule has 2 N–H and O–H groups in total. The first-order valence-corrected chi connectivity index (χ1v) is 10.5. The summed E-state index contributed by atoms with van der Waals surface area (Å²) >= 11 is 0. The second-order valence-corrected chi connectivity index (χ2v) is 8.65. The van der Waals surface area contributed by atoms with E-state index in [9.17, 15) is 0 Å². The van der Waals surface area contributed by atoms with Gasteiger partial charge < -0.3 is 20.1 Å². The third-order valence-corrected chi connectivity index (χ3v) is 5.59. The Morgan fingerprint density at radius 2 is 1.57 bits per heavy atom. The van der Waals surface area contributed by atoms with Crippen molar-refractivity contribution < 1.29 is 9.47 Å². The molecule has 1 unspecified atom stereocenters. The van der Waals surface area contributed by atoms with Crippen LogP contribution in [-0.2, 0) is 9.47 Å². The molecule has 2 aliphatic heterocycles. The van der Waals surface area contributed by atoms with E-state index in [-0.39, 0.29) is 29.5 Å². The Hall–Kier alpha value is -0.160. The van der Waals surface area contributed by atoms with E-state index in [1.165, 1.54) is 6.42 Å². The van der Waals surface area contributed by atoms with Crippen molar-refractivity contribution in [2.75, 3.05) is 72.7 Å². The molecule has 2 saturated heterocycles. The molecule has 2 aliphatic rings. The predicted molar refractivity (Wildman–Crippen MR) is 127 cm³/mol. The minimum atomic E-state index is 0. The molecule has 2 heterocycles. The normalized spacial score (nSPS) is 21.3.